The molecule has 0 aliphatic carbocycles. The highest BCUT2D eigenvalue weighted by Crippen LogP contribution is 2.26. The molecule has 2 aromatic rings. The number of hydrogen-bond acceptors (Lipinski definition) is 4. The van der Waals surface area contributed by atoms with Crippen LogP contribution in [-0.4, -0.2) is 19.7 Å². The van der Waals surface area contributed by atoms with Gasteiger partial charge in [-0.3, -0.25) is 10.1 Å². The van der Waals surface area contributed by atoms with E-state index >= 15 is 0 Å². The number of nitro groups is 1. The molecule has 19 heavy (non-hydrogen) atoms. The molecule has 0 unspecified atom stereocenters. The van der Waals surface area contributed by atoms with Gasteiger partial charge in [0, 0.05) is 23.7 Å². The molecule has 1 aromatic carbocycles. The van der Waals surface area contributed by atoms with Crippen LogP contribution in [0.25, 0.3) is 11.4 Å². The molecule has 100 valence electrons. The van der Waals surface area contributed by atoms with Gasteiger partial charge in [0.1, 0.15) is 5.82 Å². The van der Waals surface area contributed by atoms with Crippen LogP contribution >= 0.6 is 15.9 Å². The van der Waals surface area contributed by atoms with Crippen LogP contribution in [-0.2, 0) is 5.33 Å². The Labute approximate surface area is 118 Å². The summed E-state index contributed by atoms with van der Waals surface area (Å²) in [5, 5.41) is 19.7. The zero-order chi connectivity index (χ0) is 14.0. The van der Waals surface area contributed by atoms with Crippen molar-refractivity contribution >= 4 is 21.6 Å². The Balaban J connectivity index is 2.55. The molecule has 6 nitrogen and oxygen atoms in total. The van der Waals surface area contributed by atoms with Gasteiger partial charge in [-0.2, -0.15) is 0 Å². The summed E-state index contributed by atoms with van der Waals surface area (Å²) >= 11 is 3.37. The Kier molecular flexibility index (Phi) is 3.94. The molecule has 0 atom stereocenters. The van der Waals surface area contributed by atoms with Crippen molar-refractivity contribution in [1.82, 2.24) is 14.8 Å². The lowest BCUT2D eigenvalue weighted by atomic mass is 10.2. The number of alkyl halides is 1. The minimum Gasteiger partial charge on any atom is -0.308 e. The number of rotatable bonds is 4. The number of aromatic nitrogens is 3. The van der Waals surface area contributed by atoms with Gasteiger partial charge in [0.2, 0.25) is 0 Å². The molecule has 0 fully saturated rings. The van der Waals surface area contributed by atoms with E-state index < -0.39 is 4.92 Å². The number of nitrogens with zero attached hydrogens (tertiary/aromatic N) is 4. The summed E-state index contributed by atoms with van der Waals surface area (Å²) in [4.78, 5) is 10.4. The summed E-state index contributed by atoms with van der Waals surface area (Å²) < 4.78 is 1.97. The van der Waals surface area contributed by atoms with E-state index in [0.29, 0.717) is 16.7 Å². The summed E-state index contributed by atoms with van der Waals surface area (Å²) in [7, 11) is 0. The number of benzene rings is 1. The van der Waals surface area contributed by atoms with E-state index in [1.807, 2.05) is 18.4 Å². The van der Waals surface area contributed by atoms with E-state index in [4.69, 9.17) is 0 Å². The van der Waals surface area contributed by atoms with Crippen molar-refractivity contribution in [1.29, 1.82) is 0 Å². The second-order valence-electron chi connectivity index (χ2n) is 4.34. The van der Waals surface area contributed by atoms with Crippen molar-refractivity contribution in [2.45, 2.75) is 25.2 Å². The summed E-state index contributed by atoms with van der Waals surface area (Å²) in [6.07, 6.45) is 0. The molecule has 0 saturated carbocycles. The fraction of sp³-hybridized carbons (Fsp3) is 0.333. The first-order valence-electron chi connectivity index (χ1n) is 5.79. The first kappa shape index (κ1) is 13.7. The van der Waals surface area contributed by atoms with E-state index in [-0.39, 0.29) is 11.7 Å². The SMILES string of the molecule is CC(C)n1c(CBr)nnc1-c1cccc([N+](=O)[O-])c1. The topological polar surface area (TPSA) is 73.8 Å². The van der Waals surface area contributed by atoms with E-state index in [1.165, 1.54) is 12.1 Å². The third-order valence-electron chi connectivity index (χ3n) is 2.72. The maximum absolute atomic E-state index is 10.8. The van der Waals surface area contributed by atoms with Gasteiger partial charge in [0.25, 0.3) is 5.69 Å². The number of nitro benzene ring substituents is 1. The summed E-state index contributed by atoms with van der Waals surface area (Å²) in [6, 6.07) is 6.61. The van der Waals surface area contributed by atoms with E-state index in [0.717, 1.165) is 5.82 Å². The van der Waals surface area contributed by atoms with Gasteiger partial charge >= 0.3 is 0 Å². The maximum Gasteiger partial charge on any atom is 0.270 e. The van der Waals surface area contributed by atoms with E-state index in [9.17, 15) is 10.1 Å². The van der Waals surface area contributed by atoms with Crippen molar-refractivity contribution in [2.24, 2.45) is 0 Å². The lowest BCUT2D eigenvalue weighted by Gasteiger charge is -2.12. The van der Waals surface area contributed by atoms with Crippen LogP contribution in [0.15, 0.2) is 24.3 Å². The van der Waals surface area contributed by atoms with Gasteiger partial charge in [-0.15, -0.1) is 10.2 Å². The van der Waals surface area contributed by atoms with Crippen LogP contribution in [0.1, 0.15) is 25.7 Å². The van der Waals surface area contributed by atoms with Crippen molar-refractivity contribution in [2.75, 3.05) is 0 Å². The molecule has 0 amide bonds. The van der Waals surface area contributed by atoms with Crippen LogP contribution < -0.4 is 0 Å². The summed E-state index contributed by atoms with van der Waals surface area (Å²) in [6.45, 7) is 4.05. The van der Waals surface area contributed by atoms with Crippen LogP contribution in [0, 0.1) is 10.1 Å². The highest BCUT2D eigenvalue weighted by Gasteiger charge is 2.17. The Bertz CT molecular complexity index is 610. The normalized spacial score (nSPS) is 10.9. The van der Waals surface area contributed by atoms with Crippen molar-refractivity contribution in [3.63, 3.8) is 0 Å². The second kappa shape index (κ2) is 5.48. The van der Waals surface area contributed by atoms with Crippen LogP contribution in [0.3, 0.4) is 0 Å². The molecule has 0 bridgehead atoms. The minimum absolute atomic E-state index is 0.0520. The Hall–Kier alpha value is -1.76. The lowest BCUT2D eigenvalue weighted by molar-refractivity contribution is -0.384. The third-order valence-corrected chi connectivity index (χ3v) is 3.22. The number of halogens is 1. The first-order chi connectivity index (χ1) is 9.04. The number of non-ortho nitro benzene ring substituents is 1. The fourth-order valence-electron chi connectivity index (χ4n) is 1.91. The zero-order valence-electron chi connectivity index (χ0n) is 10.6. The molecule has 7 heteroatoms. The molecule has 0 saturated heterocycles. The van der Waals surface area contributed by atoms with Crippen molar-refractivity contribution < 1.29 is 4.92 Å². The van der Waals surface area contributed by atoms with Crippen molar-refractivity contribution in [3.8, 4) is 11.4 Å². The predicted octanol–water partition coefficient (Wildman–Crippen LogP) is 3.33. The van der Waals surface area contributed by atoms with E-state index in [1.54, 1.807) is 12.1 Å². The molecule has 0 spiro atoms. The van der Waals surface area contributed by atoms with E-state index in [2.05, 4.69) is 26.1 Å². The summed E-state index contributed by atoms with van der Waals surface area (Å²) in [5.74, 6) is 1.45. The van der Waals surface area contributed by atoms with Gasteiger partial charge in [0.05, 0.1) is 10.3 Å². The average Bonchev–Trinajstić information content (AvgIpc) is 2.82. The summed E-state index contributed by atoms with van der Waals surface area (Å²) in [5.41, 5.74) is 0.749. The molecule has 0 radical (unpaired) electrons. The van der Waals surface area contributed by atoms with Gasteiger partial charge in [-0.25, -0.2) is 0 Å². The van der Waals surface area contributed by atoms with Crippen LogP contribution in [0.5, 0.6) is 0 Å². The maximum atomic E-state index is 10.8. The number of hydrogen-bond donors (Lipinski definition) is 0. The van der Waals surface area contributed by atoms with Gasteiger partial charge < -0.3 is 4.57 Å². The molecule has 1 aromatic heterocycles. The molecule has 2 rings (SSSR count). The first-order valence-corrected chi connectivity index (χ1v) is 6.91. The molecule has 0 N–H and O–H groups in total. The zero-order valence-corrected chi connectivity index (χ0v) is 12.2. The van der Waals surface area contributed by atoms with Gasteiger partial charge in [0.15, 0.2) is 5.82 Å². The quantitative estimate of drug-likeness (QED) is 0.491. The van der Waals surface area contributed by atoms with Gasteiger partial charge in [-0.1, -0.05) is 28.1 Å². The van der Waals surface area contributed by atoms with Gasteiger partial charge in [-0.05, 0) is 13.8 Å². The monoisotopic (exact) mass is 324 g/mol. The Morgan fingerprint density at radius 2 is 2.16 bits per heavy atom. The predicted molar refractivity (Wildman–Crippen MR) is 75.1 cm³/mol. The molecule has 0 aliphatic rings. The van der Waals surface area contributed by atoms with Crippen molar-refractivity contribution in [3.05, 3.63) is 40.2 Å². The molecule has 1 heterocycles. The molecule has 0 aliphatic heterocycles. The average molecular weight is 325 g/mol. The minimum atomic E-state index is -0.412. The largest absolute Gasteiger partial charge is 0.308 e. The fourth-order valence-corrected chi connectivity index (χ4v) is 2.30. The Morgan fingerprint density at radius 1 is 1.42 bits per heavy atom. The van der Waals surface area contributed by atoms with Crippen LogP contribution in [0.2, 0.25) is 0 Å². The molecular weight excluding hydrogens is 312 g/mol. The lowest BCUT2D eigenvalue weighted by Crippen LogP contribution is -2.07. The third kappa shape index (κ3) is 2.65. The highest BCUT2D eigenvalue weighted by atomic mass is 79.9. The van der Waals surface area contributed by atoms with Crippen LogP contribution in [0.4, 0.5) is 5.69 Å². The Morgan fingerprint density at radius 3 is 2.74 bits per heavy atom. The standard InChI is InChI=1S/C12H13BrN4O2/c1-8(2)16-11(7-13)14-15-12(16)9-4-3-5-10(6-9)17(18)19/h3-6,8H,7H2,1-2H3. The second-order valence-corrected chi connectivity index (χ2v) is 4.91. The smallest absolute Gasteiger partial charge is 0.270 e. The highest BCUT2D eigenvalue weighted by molar-refractivity contribution is 9.08. The molecular formula is C12H13BrN4O2.